The lowest BCUT2D eigenvalue weighted by atomic mass is 10.1. The molecule has 3 aromatic heterocycles. The summed E-state index contributed by atoms with van der Waals surface area (Å²) in [6, 6.07) is 16.7. The van der Waals surface area contributed by atoms with Crippen LogP contribution in [-0.2, 0) is 17.9 Å². The fourth-order valence-electron chi connectivity index (χ4n) is 3.26. The van der Waals surface area contributed by atoms with E-state index in [-0.39, 0.29) is 25.2 Å². The Hall–Kier alpha value is -4.47. The van der Waals surface area contributed by atoms with E-state index < -0.39 is 11.5 Å². The van der Waals surface area contributed by atoms with Crippen LogP contribution in [0.1, 0.15) is 6.92 Å². The van der Waals surface area contributed by atoms with Gasteiger partial charge in [-0.05, 0) is 55.5 Å². The van der Waals surface area contributed by atoms with E-state index >= 15 is 0 Å². The van der Waals surface area contributed by atoms with Gasteiger partial charge < -0.3 is 14.5 Å². The number of ether oxygens (including phenoxy) is 1. The number of hydrogen-bond donors (Lipinski definition) is 1. The first-order valence-electron chi connectivity index (χ1n) is 10.7. The molecule has 10 heteroatoms. The molecule has 0 saturated carbocycles. The average molecular weight is 461 g/mol. The van der Waals surface area contributed by atoms with Gasteiger partial charge in [0, 0.05) is 24.2 Å². The highest BCUT2D eigenvalue weighted by molar-refractivity contribution is 5.75. The van der Waals surface area contributed by atoms with Gasteiger partial charge >= 0.3 is 0 Å². The number of nitrogens with zero attached hydrogens (tertiary/aromatic N) is 4. The number of hydrogen-bond acceptors (Lipinski definition) is 7. The summed E-state index contributed by atoms with van der Waals surface area (Å²) in [4.78, 5) is 36.7. The summed E-state index contributed by atoms with van der Waals surface area (Å²) in [5.74, 6) is 0.867. The van der Waals surface area contributed by atoms with E-state index in [0.29, 0.717) is 23.8 Å². The standard InChI is InChI=1S/C24H23N5O5/c1-2-33-18-7-5-17(6-8-18)19-9-11-24(32)29(26-19)16-22(30)25-13-14-28-23(31)12-10-20(27-28)21-4-3-15-34-21/h3-12,15H,2,13-14,16H2,1H3,(H,25,30). The summed E-state index contributed by atoms with van der Waals surface area (Å²) in [5.41, 5.74) is 1.16. The molecule has 3 heterocycles. The van der Waals surface area contributed by atoms with Crippen LogP contribution in [0.5, 0.6) is 5.75 Å². The second-order valence-corrected chi connectivity index (χ2v) is 7.28. The zero-order chi connectivity index (χ0) is 23.9. The van der Waals surface area contributed by atoms with Crippen LogP contribution < -0.4 is 21.2 Å². The van der Waals surface area contributed by atoms with Crippen molar-refractivity contribution in [3.8, 4) is 28.5 Å². The third kappa shape index (κ3) is 5.47. The van der Waals surface area contributed by atoms with Gasteiger partial charge in [-0.2, -0.15) is 10.2 Å². The molecule has 4 aromatic rings. The lowest BCUT2D eigenvalue weighted by molar-refractivity contribution is -0.121. The molecule has 0 saturated heterocycles. The number of carbonyl (C=O) groups excluding carboxylic acids is 1. The lowest BCUT2D eigenvalue weighted by Crippen LogP contribution is -2.36. The zero-order valence-electron chi connectivity index (χ0n) is 18.5. The molecule has 0 atom stereocenters. The fourth-order valence-corrected chi connectivity index (χ4v) is 3.26. The largest absolute Gasteiger partial charge is 0.494 e. The van der Waals surface area contributed by atoms with Crippen LogP contribution in [0.2, 0.25) is 0 Å². The molecule has 4 rings (SSSR count). The number of benzene rings is 1. The zero-order valence-corrected chi connectivity index (χ0v) is 18.5. The van der Waals surface area contributed by atoms with Crippen LogP contribution in [-0.4, -0.2) is 38.6 Å². The minimum Gasteiger partial charge on any atom is -0.494 e. The van der Waals surface area contributed by atoms with Crippen LogP contribution in [0.15, 0.2) is 80.9 Å². The van der Waals surface area contributed by atoms with E-state index in [1.165, 1.54) is 23.1 Å². The van der Waals surface area contributed by atoms with Crippen LogP contribution in [0.3, 0.4) is 0 Å². The highest BCUT2D eigenvalue weighted by atomic mass is 16.5. The van der Waals surface area contributed by atoms with Gasteiger partial charge in [0.05, 0.1) is 25.1 Å². The van der Waals surface area contributed by atoms with Gasteiger partial charge in [-0.25, -0.2) is 9.36 Å². The number of aromatic nitrogens is 4. The Labute approximate surface area is 194 Å². The van der Waals surface area contributed by atoms with Crippen molar-refractivity contribution < 1.29 is 13.9 Å². The summed E-state index contributed by atoms with van der Waals surface area (Å²) in [6.45, 7) is 2.54. The molecule has 0 aliphatic heterocycles. The molecular weight excluding hydrogens is 438 g/mol. The smallest absolute Gasteiger partial charge is 0.267 e. The van der Waals surface area contributed by atoms with Crippen molar-refractivity contribution in [2.45, 2.75) is 20.0 Å². The number of amides is 1. The van der Waals surface area contributed by atoms with Gasteiger partial charge in [0.15, 0.2) is 5.76 Å². The van der Waals surface area contributed by atoms with Crippen LogP contribution in [0.4, 0.5) is 0 Å². The second kappa shape index (κ2) is 10.4. The first-order chi connectivity index (χ1) is 16.5. The Kier molecular flexibility index (Phi) is 6.97. The fraction of sp³-hybridized carbons (Fsp3) is 0.208. The first-order valence-corrected chi connectivity index (χ1v) is 10.7. The van der Waals surface area contributed by atoms with E-state index in [1.807, 2.05) is 31.2 Å². The predicted molar refractivity (Wildman–Crippen MR) is 124 cm³/mol. The second-order valence-electron chi connectivity index (χ2n) is 7.28. The minimum absolute atomic E-state index is 0.153. The van der Waals surface area contributed by atoms with Crippen molar-refractivity contribution in [1.29, 1.82) is 0 Å². The van der Waals surface area contributed by atoms with Gasteiger partial charge in [0.1, 0.15) is 18.0 Å². The Morgan fingerprint density at radius 3 is 2.35 bits per heavy atom. The molecule has 1 amide bonds. The first kappa shape index (κ1) is 22.7. The van der Waals surface area contributed by atoms with Crippen molar-refractivity contribution in [3.05, 3.63) is 87.6 Å². The monoisotopic (exact) mass is 461 g/mol. The molecule has 174 valence electrons. The summed E-state index contributed by atoms with van der Waals surface area (Å²) in [6.07, 6.45) is 1.52. The molecule has 1 aromatic carbocycles. The third-order valence-corrected chi connectivity index (χ3v) is 4.91. The number of nitrogens with one attached hydrogen (secondary N) is 1. The lowest BCUT2D eigenvalue weighted by Gasteiger charge is -2.10. The maximum Gasteiger partial charge on any atom is 0.267 e. The SMILES string of the molecule is CCOc1ccc(-c2ccc(=O)n(CC(=O)NCCn3nc(-c4ccco4)ccc3=O)n2)cc1. The van der Waals surface area contributed by atoms with Crippen molar-refractivity contribution in [2.75, 3.05) is 13.2 Å². The minimum atomic E-state index is -0.409. The average Bonchev–Trinajstić information content (AvgIpc) is 3.38. The molecule has 0 aliphatic rings. The van der Waals surface area contributed by atoms with Crippen molar-refractivity contribution in [1.82, 2.24) is 24.9 Å². The van der Waals surface area contributed by atoms with E-state index in [1.54, 1.807) is 24.3 Å². The van der Waals surface area contributed by atoms with Gasteiger partial charge in [-0.1, -0.05) is 0 Å². The van der Waals surface area contributed by atoms with Gasteiger partial charge in [0.2, 0.25) is 5.91 Å². The van der Waals surface area contributed by atoms with Crippen molar-refractivity contribution in [2.24, 2.45) is 0 Å². The quantitative estimate of drug-likeness (QED) is 0.404. The Bertz CT molecular complexity index is 1370. The number of rotatable bonds is 9. The molecule has 0 unspecified atom stereocenters. The molecule has 0 radical (unpaired) electrons. The van der Waals surface area contributed by atoms with Crippen LogP contribution in [0.25, 0.3) is 22.7 Å². The Morgan fingerprint density at radius 1 is 0.941 bits per heavy atom. The molecule has 10 nitrogen and oxygen atoms in total. The van der Waals surface area contributed by atoms with Crippen LogP contribution >= 0.6 is 0 Å². The van der Waals surface area contributed by atoms with Crippen LogP contribution in [0, 0.1) is 0 Å². The van der Waals surface area contributed by atoms with Crippen molar-refractivity contribution >= 4 is 5.91 Å². The molecule has 1 N–H and O–H groups in total. The Balaban J connectivity index is 1.38. The third-order valence-electron chi connectivity index (χ3n) is 4.91. The highest BCUT2D eigenvalue weighted by Crippen LogP contribution is 2.20. The van der Waals surface area contributed by atoms with E-state index in [2.05, 4.69) is 15.5 Å². The summed E-state index contributed by atoms with van der Waals surface area (Å²) < 4.78 is 13.1. The maximum atomic E-state index is 12.4. The summed E-state index contributed by atoms with van der Waals surface area (Å²) in [5, 5.41) is 11.2. The predicted octanol–water partition coefficient (Wildman–Crippen LogP) is 1.94. The maximum absolute atomic E-state index is 12.4. The highest BCUT2D eigenvalue weighted by Gasteiger charge is 2.10. The van der Waals surface area contributed by atoms with Gasteiger partial charge in [-0.3, -0.25) is 14.4 Å². The molecule has 0 fully saturated rings. The van der Waals surface area contributed by atoms with E-state index in [0.717, 1.165) is 16.0 Å². The normalized spacial score (nSPS) is 10.7. The Morgan fingerprint density at radius 2 is 1.65 bits per heavy atom. The number of furan rings is 1. The van der Waals surface area contributed by atoms with Gasteiger partial charge in [0.25, 0.3) is 11.1 Å². The number of carbonyl (C=O) groups is 1. The molecular formula is C24H23N5O5. The molecule has 0 bridgehead atoms. The molecule has 34 heavy (non-hydrogen) atoms. The van der Waals surface area contributed by atoms with E-state index in [4.69, 9.17) is 9.15 Å². The molecule has 0 spiro atoms. The molecule has 0 aliphatic carbocycles. The summed E-state index contributed by atoms with van der Waals surface area (Å²) >= 11 is 0. The summed E-state index contributed by atoms with van der Waals surface area (Å²) in [7, 11) is 0. The van der Waals surface area contributed by atoms with Gasteiger partial charge in [-0.15, -0.1) is 0 Å². The van der Waals surface area contributed by atoms with Crippen molar-refractivity contribution in [3.63, 3.8) is 0 Å². The topological polar surface area (TPSA) is 121 Å². The van der Waals surface area contributed by atoms with E-state index in [9.17, 15) is 14.4 Å².